The number of nitrogens with one attached hydrogen (secondary N) is 1. The Kier molecular flexibility index (Phi) is 2.86. The predicted octanol–water partition coefficient (Wildman–Crippen LogP) is 2.22. The Morgan fingerprint density at radius 1 is 1.33 bits per heavy atom. The summed E-state index contributed by atoms with van der Waals surface area (Å²) < 4.78 is 0. The minimum absolute atomic E-state index is 0.171. The van der Waals surface area contributed by atoms with E-state index in [0.717, 1.165) is 6.42 Å². The number of carbonyl (C=O) groups is 1. The maximum absolute atomic E-state index is 11.1. The number of hydrogen-bond donors (Lipinski definition) is 1. The zero-order chi connectivity index (χ0) is 10.7. The molecule has 15 heavy (non-hydrogen) atoms. The lowest BCUT2D eigenvalue weighted by atomic mass is 9.87. The molecule has 1 amide bonds. The molecule has 1 aromatic rings. The molecule has 1 saturated heterocycles. The molecule has 2 atom stereocenters. The fraction of sp³-hybridized carbons (Fsp3) is 0.308. The third kappa shape index (κ3) is 2.09. The van der Waals surface area contributed by atoms with Gasteiger partial charge in [-0.05, 0) is 12.0 Å². The minimum Gasteiger partial charge on any atom is -0.349 e. The van der Waals surface area contributed by atoms with Crippen molar-refractivity contribution in [2.24, 2.45) is 5.92 Å². The van der Waals surface area contributed by atoms with Gasteiger partial charge >= 0.3 is 0 Å². The summed E-state index contributed by atoms with van der Waals surface area (Å²) in [7, 11) is 0. The van der Waals surface area contributed by atoms with Crippen LogP contribution < -0.4 is 5.32 Å². The molecule has 0 aliphatic carbocycles. The van der Waals surface area contributed by atoms with E-state index in [1.165, 1.54) is 5.56 Å². The van der Waals surface area contributed by atoms with E-state index >= 15 is 0 Å². The van der Waals surface area contributed by atoms with E-state index in [9.17, 15) is 4.79 Å². The predicted molar refractivity (Wildman–Crippen MR) is 61.2 cm³/mol. The van der Waals surface area contributed by atoms with Gasteiger partial charge < -0.3 is 5.32 Å². The monoisotopic (exact) mass is 201 g/mol. The summed E-state index contributed by atoms with van der Waals surface area (Å²) in [5.41, 5.74) is 1.17. The summed E-state index contributed by atoms with van der Waals surface area (Å²) in [6, 6.07) is 10.3. The van der Waals surface area contributed by atoms with Crippen molar-refractivity contribution in [3.05, 3.63) is 42.0 Å². The quantitative estimate of drug-likeness (QED) is 0.746. The molecule has 0 aromatic heterocycles. The first-order chi connectivity index (χ1) is 7.31. The molecule has 1 aliphatic heterocycles. The molecule has 0 bridgehead atoms. The molecule has 1 fully saturated rings. The van der Waals surface area contributed by atoms with Gasteiger partial charge in [-0.15, -0.1) is 0 Å². The Balaban J connectivity index is 1.98. The van der Waals surface area contributed by atoms with Gasteiger partial charge in [0.25, 0.3) is 0 Å². The van der Waals surface area contributed by atoms with Crippen LogP contribution in [0.5, 0.6) is 0 Å². The van der Waals surface area contributed by atoms with Crippen LogP contribution in [0.3, 0.4) is 0 Å². The van der Waals surface area contributed by atoms with Crippen LogP contribution in [0.2, 0.25) is 0 Å². The van der Waals surface area contributed by atoms with Crippen molar-refractivity contribution in [1.29, 1.82) is 0 Å². The number of β-lactam (4-membered cyclic amide) rings is 1. The van der Waals surface area contributed by atoms with Crippen LogP contribution in [0.4, 0.5) is 0 Å². The van der Waals surface area contributed by atoms with E-state index in [1.807, 2.05) is 25.1 Å². The van der Waals surface area contributed by atoms with Gasteiger partial charge in [-0.2, -0.15) is 0 Å². The highest BCUT2D eigenvalue weighted by atomic mass is 16.2. The van der Waals surface area contributed by atoms with E-state index in [1.54, 1.807) is 0 Å². The maximum Gasteiger partial charge on any atom is 0.225 e. The van der Waals surface area contributed by atoms with Crippen LogP contribution in [-0.2, 0) is 4.79 Å². The lowest BCUT2D eigenvalue weighted by molar-refractivity contribution is -0.133. The molecule has 0 saturated carbocycles. The molecule has 78 valence electrons. The van der Waals surface area contributed by atoms with Crippen molar-refractivity contribution in [3.8, 4) is 0 Å². The smallest absolute Gasteiger partial charge is 0.225 e. The van der Waals surface area contributed by atoms with Gasteiger partial charge in [0.2, 0.25) is 5.91 Å². The second-order valence-electron chi connectivity index (χ2n) is 3.82. The molecular weight excluding hydrogens is 186 g/mol. The zero-order valence-electron chi connectivity index (χ0n) is 8.81. The first-order valence-corrected chi connectivity index (χ1v) is 5.35. The number of benzene rings is 1. The van der Waals surface area contributed by atoms with Crippen LogP contribution in [-0.4, -0.2) is 11.9 Å². The average molecular weight is 201 g/mol. The Morgan fingerprint density at radius 2 is 2.07 bits per heavy atom. The molecule has 2 nitrogen and oxygen atoms in total. The van der Waals surface area contributed by atoms with Gasteiger partial charge in [-0.1, -0.05) is 49.4 Å². The molecule has 0 unspecified atom stereocenters. The van der Waals surface area contributed by atoms with E-state index in [0.29, 0.717) is 0 Å². The standard InChI is InChI=1S/C13H15NO/c1-2-11-12(14-13(11)15)9-8-10-6-4-3-5-7-10/h3-9,11-12H,2H2,1H3,(H,14,15)/b9-8+/t11-,12+/m1/s1. The van der Waals surface area contributed by atoms with E-state index in [4.69, 9.17) is 0 Å². The molecule has 1 heterocycles. The third-order valence-corrected chi connectivity index (χ3v) is 2.81. The number of amides is 1. The van der Waals surface area contributed by atoms with Crippen molar-refractivity contribution < 1.29 is 4.79 Å². The summed E-state index contributed by atoms with van der Waals surface area (Å²) in [5.74, 6) is 0.352. The Labute approximate surface area is 90.0 Å². The van der Waals surface area contributed by atoms with Gasteiger partial charge in [0, 0.05) is 0 Å². The van der Waals surface area contributed by atoms with Gasteiger partial charge in [0.15, 0.2) is 0 Å². The summed E-state index contributed by atoms with van der Waals surface area (Å²) in [5, 5.41) is 2.89. The number of rotatable bonds is 3. The molecule has 0 spiro atoms. The van der Waals surface area contributed by atoms with Crippen LogP contribution in [0.1, 0.15) is 18.9 Å². The summed E-state index contributed by atoms with van der Waals surface area (Å²) in [4.78, 5) is 11.1. The topological polar surface area (TPSA) is 29.1 Å². The average Bonchev–Trinajstić information content (AvgIpc) is 2.26. The van der Waals surface area contributed by atoms with Crippen molar-refractivity contribution in [2.75, 3.05) is 0 Å². The highest BCUT2D eigenvalue weighted by Gasteiger charge is 2.35. The van der Waals surface area contributed by atoms with Crippen LogP contribution in [0, 0.1) is 5.92 Å². The maximum atomic E-state index is 11.1. The van der Waals surface area contributed by atoms with Crippen molar-refractivity contribution in [2.45, 2.75) is 19.4 Å². The van der Waals surface area contributed by atoms with Gasteiger partial charge in [0.1, 0.15) is 0 Å². The van der Waals surface area contributed by atoms with Crippen LogP contribution in [0.25, 0.3) is 6.08 Å². The lowest BCUT2D eigenvalue weighted by Gasteiger charge is -2.34. The second kappa shape index (κ2) is 4.30. The van der Waals surface area contributed by atoms with Crippen molar-refractivity contribution in [3.63, 3.8) is 0 Å². The van der Waals surface area contributed by atoms with Gasteiger partial charge in [-0.25, -0.2) is 0 Å². The van der Waals surface area contributed by atoms with Crippen molar-refractivity contribution >= 4 is 12.0 Å². The van der Waals surface area contributed by atoms with E-state index in [2.05, 4.69) is 29.6 Å². The van der Waals surface area contributed by atoms with E-state index in [-0.39, 0.29) is 17.9 Å². The van der Waals surface area contributed by atoms with Crippen LogP contribution in [0.15, 0.2) is 36.4 Å². The van der Waals surface area contributed by atoms with Crippen molar-refractivity contribution in [1.82, 2.24) is 5.32 Å². The molecule has 2 rings (SSSR count). The summed E-state index contributed by atoms with van der Waals surface area (Å²) >= 11 is 0. The minimum atomic E-state index is 0.171. The third-order valence-electron chi connectivity index (χ3n) is 2.81. The Morgan fingerprint density at radius 3 is 2.67 bits per heavy atom. The Hall–Kier alpha value is -1.57. The lowest BCUT2D eigenvalue weighted by Crippen LogP contribution is -2.56. The molecule has 1 aliphatic rings. The van der Waals surface area contributed by atoms with E-state index < -0.39 is 0 Å². The highest BCUT2D eigenvalue weighted by molar-refractivity contribution is 5.86. The highest BCUT2D eigenvalue weighted by Crippen LogP contribution is 2.20. The van der Waals surface area contributed by atoms with Gasteiger partial charge in [0.05, 0.1) is 12.0 Å². The molecule has 0 radical (unpaired) electrons. The molecular formula is C13H15NO. The molecule has 1 N–H and O–H groups in total. The second-order valence-corrected chi connectivity index (χ2v) is 3.82. The fourth-order valence-electron chi connectivity index (χ4n) is 1.84. The van der Waals surface area contributed by atoms with Crippen LogP contribution >= 0.6 is 0 Å². The first kappa shape index (κ1) is 9.97. The largest absolute Gasteiger partial charge is 0.349 e. The molecule has 1 aromatic carbocycles. The van der Waals surface area contributed by atoms with Gasteiger partial charge in [-0.3, -0.25) is 4.79 Å². The SMILES string of the molecule is CC[C@H]1C(=O)N[C@H]1/C=C/c1ccccc1. The fourth-order valence-corrected chi connectivity index (χ4v) is 1.84. The first-order valence-electron chi connectivity index (χ1n) is 5.35. The zero-order valence-corrected chi connectivity index (χ0v) is 8.81. The summed E-state index contributed by atoms with van der Waals surface area (Å²) in [6.45, 7) is 2.05. The number of hydrogen-bond acceptors (Lipinski definition) is 1. The molecule has 2 heteroatoms. The number of carbonyl (C=O) groups excluding carboxylic acids is 1. The normalized spacial score (nSPS) is 25.0. The Bertz CT molecular complexity index is 369. The summed E-state index contributed by atoms with van der Waals surface area (Å²) in [6.07, 6.45) is 5.05.